The molecular formula is C19H20. The van der Waals surface area contributed by atoms with Gasteiger partial charge in [0.1, 0.15) is 0 Å². The Morgan fingerprint density at radius 3 is 2.79 bits per heavy atom. The van der Waals surface area contributed by atoms with Gasteiger partial charge >= 0.3 is 0 Å². The zero-order chi connectivity index (χ0) is 13.1. The summed E-state index contributed by atoms with van der Waals surface area (Å²) in [5.41, 5.74) is 5.70. The highest BCUT2D eigenvalue weighted by Crippen LogP contribution is 2.35. The van der Waals surface area contributed by atoms with Crippen molar-refractivity contribution in [3.8, 4) is 0 Å². The highest BCUT2D eigenvalue weighted by molar-refractivity contribution is 5.65. The fourth-order valence-electron chi connectivity index (χ4n) is 2.86. The monoisotopic (exact) mass is 248 g/mol. The first-order valence-electron chi connectivity index (χ1n) is 7.24. The van der Waals surface area contributed by atoms with Gasteiger partial charge in [0.2, 0.25) is 0 Å². The predicted molar refractivity (Wildman–Crippen MR) is 82.4 cm³/mol. The van der Waals surface area contributed by atoms with Crippen LogP contribution < -0.4 is 0 Å². The summed E-state index contributed by atoms with van der Waals surface area (Å²) in [5, 5.41) is 0. The minimum absolute atomic E-state index is 0.442. The largest absolute Gasteiger partial charge is 0.0720 e. The van der Waals surface area contributed by atoms with Gasteiger partial charge in [-0.2, -0.15) is 0 Å². The van der Waals surface area contributed by atoms with Gasteiger partial charge < -0.3 is 0 Å². The molecule has 0 heterocycles. The van der Waals surface area contributed by atoms with Crippen molar-refractivity contribution in [3.63, 3.8) is 0 Å². The highest BCUT2D eigenvalue weighted by atomic mass is 14.2. The van der Waals surface area contributed by atoms with E-state index < -0.39 is 0 Å². The Bertz CT molecular complexity index is 592. The van der Waals surface area contributed by atoms with E-state index in [-0.39, 0.29) is 0 Å². The summed E-state index contributed by atoms with van der Waals surface area (Å²) in [6.07, 6.45) is 8.31. The third-order valence-electron chi connectivity index (χ3n) is 3.93. The summed E-state index contributed by atoms with van der Waals surface area (Å²) in [4.78, 5) is 0. The van der Waals surface area contributed by atoms with E-state index in [1.165, 1.54) is 41.5 Å². The van der Waals surface area contributed by atoms with Crippen LogP contribution in [0.1, 0.15) is 47.9 Å². The molecular weight excluding hydrogens is 228 g/mol. The molecule has 0 saturated heterocycles. The van der Waals surface area contributed by atoms with Crippen LogP contribution in [0.4, 0.5) is 0 Å². The Morgan fingerprint density at radius 2 is 1.89 bits per heavy atom. The molecule has 0 bridgehead atoms. The van der Waals surface area contributed by atoms with Crippen LogP contribution in [0.2, 0.25) is 0 Å². The van der Waals surface area contributed by atoms with Gasteiger partial charge in [-0.1, -0.05) is 74.0 Å². The average molecular weight is 248 g/mol. The van der Waals surface area contributed by atoms with Gasteiger partial charge in [-0.15, -0.1) is 0 Å². The zero-order valence-electron chi connectivity index (χ0n) is 11.5. The average Bonchev–Trinajstić information content (AvgIpc) is 2.89. The molecule has 96 valence electrons. The van der Waals surface area contributed by atoms with Gasteiger partial charge in [0.05, 0.1) is 0 Å². The van der Waals surface area contributed by atoms with Gasteiger partial charge in [0.15, 0.2) is 0 Å². The van der Waals surface area contributed by atoms with Crippen LogP contribution in [-0.2, 0) is 6.42 Å². The smallest absolute Gasteiger partial charge is 0.0278 e. The normalized spacial score (nSPS) is 16.6. The van der Waals surface area contributed by atoms with Gasteiger partial charge in [-0.3, -0.25) is 0 Å². The lowest BCUT2D eigenvalue weighted by molar-refractivity contribution is 0.793. The molecule has 0 amide bonds. The third-order valence-corrected chi connectivity index (χ3v) is 3.93. The van der Waals surface area contributed by atoms with Crippen LogP contribution in [0.3, 0.4) is 0 Å². The van der Waals surface area contributed by atoms with Crippen molar-refractivity contribution in [2.75, 3.05) is 0 Å². The van der Waals surface area contributed by atoms with Gasteiger partial charge in [0, 0.05) is 5.92 Å². The molecule has 1 unspecified atom stereocenters. The molecule has 0 spiro atoms. The summed E-state index contributed by atoms with van der Waals surface area (Å²) in [6, 6.07) is 17.8. The molecule has 19 heavy (non-hydrogen) atoms. The van der Waals surface area contributed by atoms with Crippen LogP contribution in [-0.4, -0.2) is 0 Å². The second-order valence-corrected chi connectivity index (χ2v) is 5.31. The number of benzene rings is 2. The van der Waals surface area contributed by atoms with E-state index >= 15 is 0 Å². The second-order valence-electron chi connectivity index (χ2n) is 5.31. The molecule has 0 nitrogen and oxygen atoms in total. The molecule has 0 saturated carbocycles. The standard InChI is InChI=1S/C19H20/c1-2-3-7-15-8-6-10-17(14-15)19-13-12-16-9-4-5-11-18(16)19/h4-6,8-14,19H,2-3,7H2,1H3. The van der Waals surface area contributed by atoms with Crippen molar-refractivity contribution in [2.24, 2.45) is 0 Å². The molecule has 0 radical (unpaired) electrons. The van der Waals surface area contributed by atoms with E-state index in [0.717, 1.165) is 0 Å². The maximum atomic E-state index is 2.38. The summed E-state index contributed by atoms with van der Waals surface area (Å²) in [5.74, 6) is 0.442. The van der Waals surface area contributed by atoms with Crippen molar-refractivity contribution in [1.29, 1.82) is 0 Å². The van der Waals surface area contributed by atoms with Crippen molar-refractivity contribution in [1.82, 2.24) is 0 Å². The lowest BCUT2D eigenvalue weighted by Crippen LogP contribution is -1.97. The SMILES string of the molecule is CCCCc1cccc(C2C=Cc3ccccc32)c1. The Labute approximate surface area is 115 Å². The number of allylic oxidation sites excluding steroid dienone is 1. The Morgan fingerprint density at radius 1 is 1.00 bits per heavy atom. The maximum absolute atomic E-state index is 2.38. The van der Waals surface area contributed by atoms with Crippen LogP contribution in [0, 0.1) is 0 Å². The van der Waals surface area contributed by atoms with Crippen LogP contribution >= 0.6 is 0 Å². The molecule has 0 fully saturated rings. The van der Waals surface area contributed by atoms with Crippen molar-refractivity contribution in [2.45, 2.75) is 32.1 Å². The van der Waals surface area contributed by atoms with E-state index in [1.54, 1.807) is 0 Å². The Balaban J connectivity index is 1.89. The van der Waals surface area contributed by atoms with Crippen LogP contribution in [0.15, 0.2) is 54.6 Å². The molecule has 0 aliphatic heterocycles. The first-order chi connectivity index (χ1) is 9.38. The maximum Gasteiger partial charge on any atom is 0.0278 e. The van der Waals surface area contributed by atoms with Crippen LogP contribution in [0.25, 0.3) is 6.08 Å². The molecule has 1 atom stereocenters. The molecule has 0 aromatic heterocycles. The second kappa shape index (κ2) is 5.44. The van der Waals surface area contributed by atoms with E-state index in [0.29, 0.717) is 5.92 Å². The lowest BCUT2D eigenvalue weighted by atomic mass is 9.91. The molecule has 0 heteroatoms. The molecule has 2 aromatic carbocycles. The van der Waals surface area contributed by atoms with E-state index in [9.17, 15) is 0 Å². The Hall–Kier alpha value is -1.82. The number of hydrogen-bond acceptors (Lipinski definition) is 0. The molecule has 1 aliphatic rings. The topological polar surface area (TPSA) is 0 Å². The molecule has 3 rings (SSSR count). The van der Waals surface area contributed by atoms with Gasteiger partial charge in [-0.05, 0) is 35.1 Å². The van der Waals surface area contributed by atoms with E-state index in [4.69, 9.17) is 0 Å². The van der Waals surface area contributed by atoms with E-state index in [1.807, 2.05) is 0 Å². The fourth-order valence-corrected chi connectivity index (χ4v) is 2.86. The number of unbranched alkanes of at least 4 members (excludes halogenated alkanes) is 1. The van der Waals surface area contributed by atoms with Gasteiger partial charge in [0.25, 0.3) is 0 Å². The summed E-state index contributed by atoms with van der Waals surface area (Å²) in [6.45, 7) is 2.25. The fraction of sp³-hybridized carbons (Fsp3) is 0.263. The predicted octanol–water partition coefficient (Wildman–Crippen LogP) is 5.19. The summed E-state index contributed by atoms with van der Waals surface area (Å²) < 4.78 is 0. The molecule has 0 N–H and O–H groups in total. The van der Waals surface area contributed by atoms with Gasteiger partial charge in [-0.25, -0.2) is 0 Å². The number of fused-ring (bicyclic) bond motifs is 1. The minimum Gasteiger partial charge on any atom is -0.0720 e. The summed E-state index contributed by atoms with van der Waals surface area (Å²) >= 11 is 0. The quantitative estimate of drug-likeness (QED) is 0.698. The third kappa shape index (κ3) is 2.49. The molecule has 1 aliphatic carbocycles. The number of rotatable bonds is 4. The number of aryl methyl sites for hydroxylation is 1. The van der Waals surface area contributed by atoms with E-state index in [2.05, 4.69) is 67.6 Å². The first kappa shape index (κ1) is 12.2. The zero-order valence-corrected chi connectivity index (χ0v) is 11.5. The van der Waals surface area contributed by atoms with Crippen LogP contribution in [0.5, 0.6) is 0 Å². The highest BCUT2D eigenvalue weighted by Gasteiger charge is 2.18. The first-order valence-corrected chi connectivity index (χ1v) is 7.24. The number of hydrogen-bond donors (Lipinski definition) is 0. The lowest BCUT2D eigenvalue weighted by Gasteiger charge is -2.13. The Kier molecular flexibility index (Phi) is 3.50. The minimum atomic E-state index is 0.442. The molecule has 2 aromatic rings. The summed E-state index contributed by atoms with van der Waals surface area (Å²) in [7, 11) is 0. The van der Waals surface area contributed by atoms with Crippen molar-refractivity contribution >= 4 is 6.08 Å². The van der Waals surface area contributed by atoms with Crippen molar-refractivity contribution in [3.05, 3.63) is 76.9 Å². The van der Waals surface area contributed by atoms with Crippen molar-refractivity contribution < 1.29 is 0 Å².